The van der Waals surface area contributed by atoms with E-state index >= 15 is 0 Å². The first-order valence-electron chi connectivity index (χ1n) is 7.74. The SMILES string of the molecule is CCNC(=NCC(C)(O)CC)NC1CCCC(C)C1. The number of rotatable bonds is 5. The van der Waals surface area contributed by atoms with E-state index in [2.05, 4.69) is 29.5 Å². The second-order valence-electron chi connectivity index (χ2n) is 6.16. The molecule has 3 atom stereocenters. The highest BCUT2D eigenvalue weighted by molar-refractivity contribution is 5.80. The van der Waals surface area contributed by atoms with Crippen LogP contribution in [0, 0.1) is 5.92 Å². The van der Waals surface area contributed by atoms with Crippen LogP contribution in [0.3, 0.4) is 0 Å². The Labute approximate surface area is 118 Å². The van der Waals surface area contributed by atoms with Crippen molar-refractivity contribution in [2.24, 2.45) is 10.9 Å². The maximum Gasteiger partial charge on any atom is 0.191 e. The third kappa shape index (κ3) is 6.28. The standard InChI is InChI=1S/C15H31N3O/c1-5-15(4,19)11-17-14(16-6-2)18-13-9-7-8-12(3)10-13/h12-13,19H,5-11H2,1-4H3,(H2,16,17,18). The fourth-order valence-electron chi connectivity index (χ4n) is 2.44. The zero-order chi connectivity index (χ0) is 14.3. The Kier molecular flexibility index (Phi) is 6.63. The summed E-state index contributed by atoms with van der Waals surface area (Å²) in [6.07, 6.45) is 5.80. The Bertz CT molecular complexity index is 289. The molecule has 4 heteroatoms. The average molecular weight is 269 g/mol. The summed E-state index contributed by atoms with van der Waals surface area (Å²) in [5.41, 5.74) is -0.706. The van der Waals surface area contributed by atoms with E-state index in [1.807, 2.05) is 13.8 Å². The van der Waals surface area contributed by atoms with Gasteiger partial charge in [-0.25, -0.2) is 0 Å². The molecule has 1 saturated carbocycles. The molecule has 1 aliphatic carbocycles. The van der Waals surface area contributed by atoms with Crippen molar-refractivity contribution in [3.8, 4) is 0 Å². The summed E-state index contributed by atoms with van der Waals surface area (Å²) in [4.78, 5) is 4.52. The van der Waals surface area contributed by atoms with Gasteiger partial charge in [-0.1, -0.05) is 26.7 Å². The third-order valence-corrected chi connectivity index (χ3v) is 3.96. The minimum Gasteiger partial charge on any atom is -0.388 e. The summed E-state index contributed by atoms with van der Waals surface area (Å²) in [5, 5.41) is 16.8. The highest BCUT2D eigenvalue weighted by Gasteiger charge is 2.21. The molecule has 4 nitrogen and oxygen atoms in total. The molecule has 0 heterocycles. The van der Waals surface area contributed by atoms with Crippen LogP contribution in [0.5, 0.6) is 0 Å². The van der Waals surface area contributed by atoms with E-state index in [-0.39, 0.29) is 0 Å². The topological polar surface area (TPSA) is 56.7 Å². The molecule has 19 heavy (non-hydrogen) atoms. The Morgan fingerprint density at radius 2 is 2.11 bits per heavy atom. The van der Waals surface area contributed by atoms with Gasteiger partial charge in [-0.3, -0.25) is 4.99 Å². The lowest BCUT2D eigenvalue weighted by Crippen LogP contribution is -2.45. The molecular weight excluding hydrogens is 238 g/mol. The quantitative estimate of drug-likeness (QED) is 0.530. The average Bonchev–Trinajstić information content (AvgIpc) is 2.36. The number of guanidine groups is 1. The summed E-state index contributed by atoms with van der Waals surface area (Å²) in [6, 6.07) is 0.521. The molecule has 3 N–H and O–H groups in total. The molecule has 0 bridgehead atoms. The zero-order valence-corrected chi connectivity index (χ0v) is 13.0. The Morgan fingerprint density at radius 1 is 1.37 bits per heavy atom. The molecular formula is C15H31N3O. The van der Waals surface area contributed by atoms with Gasteiger partial charge in [0, 0.05) is 12.6 Å². The molecule has 1 rings (SSSR count). The Morgan fingerprint density at radius 3 is 2.68 bits per heavy atom. The predicted molar refractivity (Wildman–Crippen MR) is 81.4 cm³/mol. The second kappa shape index (κ2) is 7.73. The van der Waals surface area contributed by atoms with Crippen LogP contribution in [0.25, 0.3) is 0 Å². The fourth-order valence-corrected chi connectivity index (χ4v) is 2.44. The van der Waals surface area contributed by atoms with E-state index < -0.39 is 5.60 Å². The molecule has 1 fully saturated rings. The van der Waals surface area contributed by atoms with Crippen LogP contribution in [-0.2, 0) is 0 Å². The van der Waals surface area contributed by atoms with E-state index in [0.717, 1.165) is 24.8 Å². The zero-order valence-electron chi connectivity index (χ0n) is 13.0. The Hall–Kier alpha value is -0.770. The summed E-state index contributed by atoms with van der Waals surface area (Å²) < 4.78 is 0. The molecule has 0 amide bonds. The van der Waals surface area contributed by atoms with Gasteiger partial charge in [0.05, 0.1) is 12.1 Å². The van der Waals surface area contributed by atoms with Gasteiger partial charge in [-0.2, -0.15) is 0 Å². The first kappa shape index (κ1) is 16.3. The van der Waals surface area contributed by atoms with Crippen molar-refractivity contribution < 1.29 is 5.11 Å². The van der Waals surface area contributed by atoms with Crippen molar-refractivity contribution in [3.05, 3.63) is 0 Å². The normalized spacial score (nSPS) is 27.7. The van der Waals surface area contributed by atoms with E-state index in [0.29, 0.717) is 12.6 Å². The van der Waals surface area contributed by atoms with Gasteiger partial charge in [-0.15, -0.1) is 0 Å². The maximum absolute atomic E-state index is 10.0. The molecule has 1 aliphatic rings. The molecule has 0 radical (unpaired) electrons. The molecule has 112 valence electrons. The van der Waals surface area contributed by atoms with Crippen LogP contribution in [0.15, 0.2) is 4.99 Å². The molecule has 0 aromatic carbocycles. The summed E-state index contributed by atoms with van der Waals surface area (Å²) >= 11 is 0. The van der Waals surface area contributed by atoms with Gasteiger partial charge in [0.2, 0.25) is 0 Å². The maximum atomic E-state index is 10.0. The molecule has 0 saturated heterocycles. The lowest BCUT2D eigenvalue weighted by atomic mass is 9.87. The van der Waals surface area contributed by atoms with E-state index in [1.54, 1.807) is 0 Å². The predicted octanol–water partition coefficient (Wildman–Crippen LogP) is 2.28. The van der Waals surface area contributed by atoms with Gasteiger partial charge in [0.25, 0.3) is 0 Å². The lowest BCUT2D eigenvalue weighted by Gasteiger charge is -2.29. The number of aliphatic imine (C=N–C) groups is 1. The van der Waals surface area contributed by atoms with Crippen molar-refractivity contribution in [3.63, 3.8) is 0 Å². The van der Waals surface area contributed by atoms with E-state index in [1.165, 1.54) is 25.7 Å². The van der Waals surface area contributed by atoms with Crippen LogP contribution in [0.2, 0.25) is 0 Å². The van der Waals surface area contributed by atoms with Crippen LogP contribution >= 0.6 is 0 Å². The largest absolute Gasteiger partial charge is 0.388 e. The van der Waals surface area contributed by atoms with Gasteiger partial charge >= 0.3 is 0 Å². The van der Waals surface area contributed by atoms with Crippen molar-refractivity contribution in [2.75, 3.05) is 13.1 Å². The monoisotopic (exact) mass is 269 g/mol. The first-order chi connectivity index (χ1) is 8.96. The summed E-state index contributed by atoms with van der Waals surface area (Å²) in [5.74, 6) is 1.64. The van der Waals surface area contributed by atoms with E-state index in [9.17, 15) is 5.11 Å². The molecule has 0 spiro atoms. The fraction of sp³-hybridized carbons (Fsp3) is 0.933. The van der Waals surface area contributed by atoms with E-state index in [4.69, 9.17) is 0 Å². The highest BCUT2D eigenvalue weighted by atomic mass is 16.3. The molecule has 0 aromatic rings. The van der Waals surface area contributed by atoms with Crippen LogP contribution in [0.4, 0.5) is 0 Å². The summed E-state index contributed by atoms with van der Waals surface area (Å²) in [7, 11) is 0. The number of nitrogens with one attached hydrogen (secondary N) is 2. The molecule has 0 aromatic heterocycles. The lowest BCUT2D eigenvalue weighted by molar-refractivity contribution is 0.0656. The van der Waals surface area contributed by atoms with Crippen molar-refractivity contribution in [2.45, 2.75) is 71.4 Å². The van der Waals surface area contributed by atoms with Crippen LogP contribution < -0.4 is 10.6 Å². The number of aliphatic hydroxyl groups is 1. The second-order valence-corrected chi connectivity index (χ2v) is 6.16. The van der Waals surface area contributed by atoms with Crippen molar-refractivity contribution in [1.82, 2.24) is 10.6 Å². The van der Waals surface area contributed by atoms with Gasteiger partial charge < -0.3 is 15.7 Å². The van der Waals surface area contributed by atoms with Gasteiger partial charge in [0.15, 0.2) is 5.96 Å². The molecule has 3 unspecified atom stereocenters. The third-order valence-electron chi connectivity index (χ3n) is 3.96. The minimum atomic E-state index is -0.706. The Balaban J connectivity index is 2.53. The smallest absolute Gasteiger partial charge is 0.191 e. The number of hydrogen-bond acceptors (Lipinski definition) is 2. The van der Waals surface area contributed by atoms with Crippen molar-refractivity contribution >= 4 is 5.96 Å². The number of hydrogen-bond donors (Lipinski definition) is 3. The number of nitrogens with zero attached hydrogens (tertiary/aromatic N) is 1. The minimum absolute atomic E-state index is 0.446. The van der Waals surface area contributed by atoms with Crippen molar-refractivity contribution in [1.29, 1.82) is 0 Å². The molecule has 0 aliphatic heterocycles. The highest BCUT2D eigenvalue weighted by Crippen LogP contribution is 2.23. The van der Waals surface area contributed by atoms with Gasteiger partial charge in [-0.05, 0) is 39.0 Å². The van der Waals surface area contributed by atoms with Crippen LogP contribution in [0.1, 0.15) is 59.8 Å². The van der Waals surface area contributed by atoms with Gasteiger partial charge in [0.1, 0.15) is 0 Å². The van der Waals surface area contributed by atoms with Crippen LogP contribution in [-0.4, -0.2) is 35.8 Å². The first-order valence-corrected chi connectivity index (χ1v) is 7.74. The summed E-state index contributed by atoms with van der Waals surface area (Å²) in [6.45, 7) is 9.50.